The Labute approximate surface area is 157 Å². The number of rotatable bonds is 4. The highest BCUT2D eigenvalue weighted by Crippen LogP contribution is 2.33. The number of fused-ring (bicyclic) bond motifs is 2. The summed E-state index contributed by atoms with van der Waals surface area (Å²) in [6, 6.07) is 14.2. The maximum Gasteiger partial charge on any atom is 0.264 e. The van der Waals surface area contributed by atoms with Crippen molar-refractivity contribution < 1.29 is 19.1 Å². The van der Waals surface area contributed by atoms with E-state index < -0.39 is 6.10 Å². The van der Waals surface area contributed by atoms with Crippen LogP contribution in [-0.2, 0) is 22.5 Å². The molecule has 5 rings (SSSR count). The van der Waals surface area contributed by atoms with E-state index in [1.54, 1.807) is 0 Å². The molecule has 0 saturated heterocycles. The summed E-state index contributed by atoms with van der Waals surface area (Å²) in [5.41, 5.74) is 4.45. The molecular formula is C21H20N2O4. The van der Waals surface area contributed by atoms with Crippen molar-refractivity contribution in [3.8, 4) is 11.5 Å². The Hall–Kier alpha value is -3.02. The average molecular weight is 364 g/mol. The maximum atomic E-state index is 12.6. The third-order valence-electron chi connectivity index (χ3n) is 5.32. The number of hydrogen-bond donors (Lipinski definition) is 1. The topological polar surface area (TPSA) is 69.2 Å². The monoisotopic (exact) mass is 364 g/mol. The molecule has 6 heteroatoms. The van der Waals surface area contributed by atoms with E-state index in [0.29, 0.717) is 12.8 Å². The molecule has 0 fully saturated rings. The molecule has 1 amide bonds. The first kappa shape index (κ1) is 16.2. The van der Waals surface area contributed by atoms with Crippen molar-refractivity contribution in [2.24, 2.45) is 5.16 Å². The molecule has 138 valence electrons. The van der Waals surface area contributed by atoms with E-state index in [-0.39, 0.29) is 18.7 Å². The Balaban J connectivity index is 1.19. The van der Waals surface area contributed by atoms with Crippen LogP contribution in [0.1, 0.15) is 35.6 Å². The van der Waals surface area contributed by atoms with Gasteiger partial charge in [-0.05, 0) is 41.7 Å². The molecule has 2 atom stereocenters. The van der Waals surface area contributed by atoms with Crippen LogP contribution in [0, 0.1) is 0 Å². The first-order valence-corrected chi connectivity index (χ1v) is 9.24. The predicted octanol–water partition coefficient (Wildman–Crippen LogP) is 2.91. The van der Waals surface area contributed by atoms with Gasteiger partial charge in [-0.15, -0.1) is 0 Å². The van der Waals surface area contributed by atoms with Crippen LogP contribution in [0.5, 0.6) is 11.5 Å². The zero-order valence-electron chi connectivity index (χ0n) is 14.8. The lowest BCUT2D eigenvalue weighted by molar-refractivity contribution is -0.131. The summed E-state index contributed by atoms with van der Waals surface area (Å²) in [6.07, 6.45) is 2.52. The number of benzene rings is 2. The summed E-state index contributed by atoms with van der Waals surface area (Å²) in [5.74, 6) is 1.42. The zero-order valence-corrected chi connectivity index (χ0v) is 14.8. The fourth-order valence-electron chi connectivity index (χ4n) is 3.93. The summed E-state index contributed by atoms with van der Waals surface area (Å²) in [4.78, 5) is 18.0. The number of carbonyl (C=O) groups excluding carboxylic acids is 1. The molecule has 0 aromatic heterocycles. The smallest absolute Gasteiger partial charge is 0.264 e. The molecule has 0 radical (unpaired) electrons. The van der Waals surface area contributed by atoms with E-state index in [1.165, 1.54) is 11.1 Å². The highest BCUT2D eigenvalue weighted by molar-refractivity contribution is 5.94. The number of ether oxygens (including phenoxy) is 2. The molecular weight excluding hydrogens is 344 g/mol. The summed E-state index contributed by atoms with van der Waals surface area (Å²) in [6.45, 7) is 0.259. The van der Waals surface area contributed by atoms with Gasteiger partial charge in [0, 0.05) is 12.8 Å². The van der Waals surface area contributed by atoms with Crippen LogP contribution in [0.4, 0.5) is 0 Å². The summed E-state index contributed by atoms with van der Waals surface area (Å²) < 4.78 is 10.7. The van der Waals surface area contributed by atoms with Crippen LogP contribution < -0.4 is 14.8 Å². The fraction of sp³-hybridized carbons (Fsp3) is 0.333. The number of aryl methyl sites for hydroxylation is 1. The Morgan fingerprint density at radius 1 is 1.15 bits per heavy atom. The molecule has 0 saturated carbocycles. The Morgan fingerprint density at radius 2 is 2.04 bits per heavy atom. The number of nitrogens with one attached hydrogen (secondary N) is 1. The molecule has 2 aromatic carbocycles. The molecule has 2 aliphatic heterocycles. The van der Waals surface area contributed by atoms with Crippen LogP contribution in [0.25, 0.3) is 0 Å². The van der Waals surface area contributed by atoms with Gasteiger partial charge >= 0.3 is 0 Å². The van der Waals surface area contributed by atoms with Crippen molar-refractivity contribution >= 4 is 11.6 Å². The number of amides is 1. The third kappa shape index (κ3) is 3.12. The molecule has 6 nitrogen and oxygen atoms in total. The minimum atomic E-state index is -0.554. The molecule has 27 heavy (non-hydrogen) atoms. The number of carbonyl (C=O) groups is 1. The number of oxime groups is 1. The van der Waals surface area contributed by atoms with E-state index in [4.69, 9.17) is 14.3 Å². The molecule has 1 aliphatic carbocycles. The van der Waals surface area contributed by atoms with Crippen LogP contribution in [-0.4, -0.2) is 24.5 Å². The van der Waals surface area contributed by atoms with Gasteiger partial charge in [0.2, 0.25) is 12.9 Å². The van der Waals surface area contributed by atoms with Crippen LogP contribution in [0.15, 0.2) is 47.6 Å². The summed E-state index contributed by atoms with van der Waals surface area (Å²) in [7, 11) is 0. The van der Waals surface area contributed by atoms with E-state index in [0.717, 1.165) is 35.6 Å². The lowest BCUT2D eigenvalue weighted by Crippen LogP contribution is -2.36. The highest BCUT2D eigenvalue weighted by Gasteiger charge is 2.32. The lowest BCUT2D eigenvalue weighted by Gasteiger charge is -2.16. The molecule has 2 aromatic rings. The van der Waals surface area contributed by atoms with E-state index in [9.17, 15) is 4.79 Å². The van der Waals surface area contributed by atoms with E-state index >= 15 is 0 Å². The SMILES string of the molecule is O=C(N[C@H]1CCc2ccccc21)[C@H]1CC(Cc2ccc3c(c2)OCO3)=NO1. The zero-order chi connectivity index (χ0) is 18.2. The van der Waals surface area contributed by atoms with Crippen LogP contribution in [0.3, 0.4) is 0 Å². The van der Waals surface area contributed by atoms with Gasteiger partial charge in [-0.1, -0.05) is 35.5 Å². The fourth-order valence-corrected chi connectivity index (χ4v) is 3.93. The summed E-state index contributed by atoms with van der Waals surface area (Å²) in [5, 5.41) is 7.25. The van der Waals surface area contributed by atoms with Crippen LogP contribution in [0.2, 0.25) is 0 Å². The van der Waals surface area contributed by atoms with Crippen molar-refractivity contribution in [1.29, 1.82) is 0 Å². The minimum absolute atomic E-state index is 0.0650. The van der Waals surface area contributed by atoms with Gasteiger partial charge in [0.15, 0.2) is 11.5 Å². The molecule has 1 N–H and O–H groups in total. The normalized spacial score (nSPS) is 22.1. The summed E-state index contributed by atoms with van der Waals surface area (Å²) >= 11 is 0. The highest BCUT2D eigenvalue weighted by atomic mass is 16.7. The first-order valence-electron chi connectivity index (χ1n) is 9.24. The van der Waals surface area contributed by atoms with Gasteiger partial charge in [0.05, 0.1) is 11.8 Å². The van der Waals surface area contributed by atoms with Crippen molar-refractivity contribution in [3.05, 3.63) is 59.2 Å². The lowest BCUT2D eigenvalue weighted by atomic mass is 10.0. The Bertz CT molecular complexity index is 924. The number of nitrogens with zero attached hydrogens (tertiary/aromatic N) is 1. The van der Waals surface area contributed by atoms with E-state index in [2.05, 4.69) is 22.6 Å². The second-order valence-electron chi connectivity index (χ2n) is 7.12. The van der Waals surface area contributed by atoms with E-state index in [1.807, 2.05) is 30.3 Å². The Kier molecular flexibility index (Phi) is 3.96. The Morgan fingerprint density at radius 3 is 3.00 bits per heavy atom. The van der Waals surface area contributed by atoms with Gasteiger partial charge in [0.25, 0.3) is 5.91 Å². The van der Waals surface area contributed by atoms with Gasteiger partial charge in [-0.25, -0.2) is 0 Å². The second-order valence-corrected chi connectivity index (χ2v) is 7.12. The van der Waals surface area contributed by atoms with Gasteiger partial charge in [-0.3, -0.25) is 4.79 Å². The van der Waals surface area contributed by atoms with Gasteiger partial charge in [0.1, 0.15) is 0 Å². The predicted molar refractivity (Wildman–Crippen MR) is 98.8 cm³/mol. The van der Waals surface area contributed by atoms with Crippen molar-refractivity contribution in [2.45, 2.75) is 37.8 Å². The maximum absolute atomic E-state index is 12.6. The van der Waals surface area contributed by atoms with Crippen molar-refractivity contribution in [2.75, 3.05) is 6.79 Å². The molecule has 0 bridgehead atoms. The quantitative estimate of drug-likeness (QED) is 0.906. The number of hydrogen-bond acceptors (Lipinski definition) is 5. The minimum Gasteiger partial charge on any atom is -0.454 e. The average Bonchev–Trinajstić information content (AvgIpc) is 3.41. The molecule has 0 unspecified atom stereocenters. The van der Waals surface area contributed by atoms with Gasteiger partial charge in [-0.2, -0.15) is 0 Å². The third-order valence-corrected chi connectivity index (χ3v) is 5.32. The molecule has 0 spiro atoms. The van der Waals surface area contributed by atoms with Crippen molar-refractivity contribution in [1.82, 2.24) is 5.32 Å². The van der Waals surface area contributed by atoms with Crippen LogP contribution >= 0.6 is 0 Å². The second kappa shape index (κ2) is 6.61. The van der Waals surface area contributed by atoms with Gasteiger partial charge < -0.3 is 19.6 Å². The first-order chi connectivity index (χ1) is 13.3. The largest absolute Gasteiger partial charge is 0.454 e. The standard InChI is InChI=1S/C21H20N2O4/c24-21(22-17-7-6-14-3-1-2-4-16(14)17)20-11-15(23-27-20)9-13-5-8-18-19(10-13)26-12-25-18/h1-5,8,10,17,20H,6-7,9,11-12H2,(H,22,24)/t17-,20+/m0/s1. The van der Waals surface area contributed by atoms with Crippen molar-refractivity contribution in [3.63, 3.8) is 0 Å². The molecule has 2 heterocycles. The molecule has 3 aliphatic rings.